The van der Waals surface area contributed by atoms with Gasteiger partial charge in [0.05, 0.1) is 28.5 Å². The van der Waals surface area contributed by atoms with E-state index in [9.17, 15) is 14.9 Å². The number of non-ortho nitro benzene ring substituents is 1. The zero-order chi connectivity index (χ0) is 23.1. The largest absolute Gasteiger partial charge is 0.497 e. The third kappa shape index (κ3) is 5.89. The van der Waals surface area contributed by atoms with Gasteiger partial charge in [-0.15, -0.1) is 10.2 Å². The molecule has 0 spiro atoms. The number of amides is 1. The summed E-state index contributed by atoms with van der Waals surface area (Å²) in [6.07, 6.45) is 0. The van der Waals surface area contributed by atoms with Crippen LogP contribution in [0.3, 0.4) is 0 Å². The Morgan fingerprint density at radius 2 is 1.94 bits per heavy atom. The number of nitrogens with one attached hydrogen (secondary N) is 1. The number of rotatable bonds is 10. The van der Waals surface area contributed by atoms with Gasteiger partial charge >= 0.3 is 0 Å². The average molecular weight is 478 g/mol. The van der Waals surface area contributed by atoms with Gasteiger partial charge in [-0.3, -0.25) is 14.9 Å². The molecular weight excluding hydrogens is 458 g/mol. The summed E-state index contributed by atoms with van der Waals surface area (Å²) in [7, 11) is 1.59. The van der Waals surface area contributed by atoms with Crippen LogP contribution in [0.5, 0.6) is 11.5 Å². The van der Waals surface area contributed by atoms with Gasteiger partial charge in [0.2, 0.25) is 5.91 Å². The molecule has 0 saturated heterocycles. The molecule has 0 unspecified atom stereocenters. The van der Waals surface area contributed by atoms with Crippen LogP contribution < -0.4 is 14.8 Å². The third-order valence-corrected chi connectivity index (χ3v) is 5.60. The highest BCUT2D eigenvalue weighted by Gasteiger charge is 2.16. The summed E-state index contributed by atoms with van der Waals surface area (Å²) in [6.45, 7) is 2.74. The van der Waals surface area contributed by atoms with Crippen LogP contribution in [0.15, 0.2) is 47.6 Å². The number of anilines is 1. The number of hydrogen-bond acceptors (Lipinski definition) is 8. The lowest BCUT2D eigenvalue weighted by Gasteiger charge is -2.10. The van der Waals surface area contributed by atoms with Crippen molar-refractivity contribution >= 4 is 40.6 Å². The van der Waals surface area contributed by atoms with E-state index in [-0.39, 0.29) is 34.7 Å². The first-order valence-corrected chi connectivity index (χ1v) is 10.8. The number of halogens is 1. The highest BCUT2D eigenvalue weighted by Crippen LogP contribution is 2.27. The maximum Gasteiger partial charge on any atom is 0.271 e. The molecule has 1 N–H and O–H groups in total. The predicted octanol–water partition coefficient (Wildman–Crippen LogP) is 4.18. The minimum Gasteiger partial charge on any atom is -0.497 e. The summed E-state index contributed by atoms with van der Waals surface area (Å²) in [4.78, 5) is 22.7. The van der Waals surface area contributed by atoms with Crippen molar-refractivity contribution in [2.24, 2.45) is 0 Å². The van der Waals surface area contributed by atoms with E-state index < -0.39 is 4.92 Å². The summed E-state index contributed by atoms with van der Waals surface area (Å²) >= 11 is 7.21. The van der Waals surface area contributed by atoms with Gasteiger partial charge in [-0.05, 0) is 37.3 Å². The predicted molar refractivity (Wildman–Crippen MR) is 120 cm³/mol. The Labute approximate surface area is 193 Å². The lowest BCUT2D eigenvalue weighted by molar-refractivity contribution is -0.384. The number of nitrogens with zero attached hydrogens (tertiary/aromatic N) is 4. The molecule has 2 aromatic carbocycles. The topological polar surface area (TPSA) is 121 Å². The van der Waals surface area contributed by atoms with Gasteiger partial charge in [0.25, 0.3) is 5.69 Å². The van der Waals surface area contributed by atoms with Crippen LogP contribution in [-0.4, -0.2) is 38.5 Å². The van der Waals surface area contributed by atoms with E-state index in [1.165, 1.54) is 30.0 Å². The quantitative estimate of drug-likeness (QED) is 0.262. The second-order valence-electron chi connectivity index (χ2n) is 6.37. The van der Waals surface area contributed by atoms with Gasteiger partial charge in [-0.2, -0.15) is 0 Å². The molecule has 12 heteroatoms. The van der Waals surface area contributed by atoms with Gasteiger partial charge < -0.3 is 19.4 Å². The molecule has 3 rings (SSSR count). The van der Waals surface area contributed by atoms with Crippen molar-refractivity contribution in [2.75, 3.05) is 18.2 Å². The lowest BCUT2D eigenvalue weighted by Crippen LogP contribution is -2.15. The van der Waals surface area contributed by atoms with E-state index in [4.69, 9.17) is 21.1 Å². The number of ether oxygens (including phenoxy) is 2. The molecule has 0 aliphatic rings. The number of benzene rings is 2. The van der Waals surface area contributed by atoms with Gasteiger partial charge in [0, 0.05) is 18.7 Å². The number of methoxy groups -OCH3 is 1. The SMILES string of the molecule is CCn1c(COc2ccc(OC)cc2)nnc1SCC(=O)Nc1cc([N+](=O)[O-])ccc1Cl. The highest BCUT2D eigenvalue weighted by molar-refractivity contribution is 7.99. The summed E-state index contributed by atoms with van der Waals surface area (Å²) in [5.74, 6) is 1.67. The Bertz CT molecular complexity index is 1110. The third-order valence-electron chi connectivity index (χ3n) is 4.30. The molecule has 32 heavy (non-hydrogen) atoms. The average Bonchev–Trinajstić information content (AvgIpc) is 3.19. The molecule has 0 saturated carbocycles. The maximum absolute atomic E-state index is 12.3. The van der Waals surface area contributed by atoms with Crippen LogP contribution in [0.2, 0.25) is 5.02 Å². The smallest absolute Gasteiger partial charge is 0.271 e. The molecule has 0 bridgehead atoms. The Morgan fingerprint density at radius 1 is 1.22 bits per heavy atom. The van der Waals surface area contributed by atoms with Crippen molar-refractivity contribution in [3.63, 3.8) is 0 Å². The molecule has 10 nitrogen and oxygen atoms in total. The van der Waals surface area contributed by atoms with Crippen LogP contribution in [0.4, 0.5) is 11.4 Å². The fourth-order valence-electron chi connectivity index (χ4n) is 2.71. The first-order valence-electron chi connectivity index (χ1n) is 9.46. The number of nitro groups is 1. The van der Waals surface area contributed by atoms with Crippen LogP contribution in [0.1, 0.15) is 12.7 Å². The van der Waals surface area contributed by atoms with Crippen molar-refractivity contribution < 1.29 is 19.2 Å². The summed E-state index contributed by atoms with van der Waals surface area (Å²) in [5, 5.41) is 22.6. The Morgan fingerprint density at radius 3 is 2.59 bits per heavy atom. The zero-order valence-corrected chi connectivity index (χ0v) is 18.9. The molecule has 0 fully saturated rings. The van der Waals surface area contributed by atoms with E-state index in [1.54, 1.807) is 31.4 Å². The number of nitro benzene ring substituents is 1. The molecule has 3 aromatic rings. The molecule has 0 atom stereocenters. The van der Waals surface area contributed by atoms with Gasteiger partial charge in [-0.1, -0.05) is 23.4 Å². The molecule has 1 amide bonds. The monoisotopic (exact) mass is 477 g/mol. The van der Waals surface area contributed by atoms with E-state index in [0.717, 1.165) is 5.75 Å². The van der Waals surface area contributed by atoms with Crippen LogP contribution in [0.25, 0.3) is 0 Å². The van der Waals surface area contributed by atoms with Crippen LogP contribution in [-0.2, 0) is 17.9 Å². The fraction of sp³-hybridized carbons (Fsp3) is 0.250. The minimum atomic E-state index is -0.556. The first kappa shape index (κ1) is 23.4. The minimum absolute atomic E-state index is 0.0243. The van der Waals surface area contributed by atoms with Crippen molar-refractivity contribution in [2.45, 2.75) is 25.2 Å². The van der Waals surface area contributed by atoms with E-state index >= 15 is 0 Å². The summed E-state index contributed by atoms with van der Waals surface area (Å²) < 4.78 is 12.7. The molecule has 1 aromatic heterocycles. The normalized spacial score (nSPS) is 10.6. The molecule has 168 valence electrons. The number of thioether (sulfide) groups is 1. The fourth-order valence-corrected chi connectivity index (χ4v) is 3.70. The number of hydrogen-bond donors (Lipinski definition) is 1. The van der Waals surface area contributed by atoms with Crippen molar-refractivity contribution in [3.8, 4) is 11.5 Å². The maximum atomic E-state index is 12.3. The highest BCUT2D eigenvalue weighted by atomic mass is 35.5. The van der Waals surface area contributed by atoms with Crippen molar-refractivity contribution in [1.82, 2.24) is 14.8 Å². The molecular formula is C20H20ClN5O5S. The van der Waals surface area contributed by atoms with Crippen molar-refractivity contribution in [3.05, 3.63) is 63.4 Å². The van der Waals surface area contributed by atoms with E-state index in [0.29, 0.717) is 23.3 Å². The summed E-state index contributed by atoms with van der Waals surface area (Å²) in [6, 6.07) is 11.0. The molecule has 0 aliphatic heterocycles. The van der Waals surface area contributed by atoms with E-state index in [1.807, 2.05) is 11.5 Å². The van der Waals surface area contributed by atoms with Crippen LogP contribution in [0, 0.1) is 10.1 Å². The zero-order valence-electron chi connectivity index (χ0n) is 17.3. The van der Waals surface area contributed by atoms with E-state index in [2.05, 4.69) is 15.5 Å². The summed E-state index contributed by atoms with van der Waals surface area (Å²) in [5.41, 5.74) is 0.0154. The second kappa shape index (κ2) is 10.8. The van der Waals surface area contributed by atoms with Crippen LogP contribution >= 0.6 is 23.4 Å². The standard InChI is InChI=1S/C20H20ClN5O5S/c1-3-25-18(11-31-15-7-5-14(30-2)6-8-15)23-24-20(25)32-12-19(27)22-17-10-13(26(28)29)4-9-16(17)21/h4-10H,3,11-12H2,1-2H3,(H,22,27). The molecule has 1 heterocycles. The molecule has 0 radical (unpaired) electrons. The first-order chi connectivity index (χ1) is 15.4. The Balaban J connectivity index is 1.59. The lowest BCUT2D eigenvalue weighted by atomic mass is 10.3. The number of carbonyl (C=O) groups is 1. The van der Waals surface area contributed by atoms with Crippen molar-refractivity contribution in [1.29, 1.82) is 0 Å². The van der Waals surface area contributed by atoms with Gasteiger partial charge in [0.15, 0.2) is 11.0 Å². The number of aromatic nitrogens is 3. The Kier molecular flexibility index (Phi) is 7.90. The second-order valence-corrected chi connectivity index (χ2v) is 7.72. The van der Waals surface area contributed by atoms with Gasteiger partial charge in [-0.25, -0.2) is 0 Å². The Hall–Kier alpha value is -3.31. The molecule has 0 aliphatic carbocycles. The number of carbonyl (C=O) groups excluding carboxylic acids is 1. The van der Waals surface area contributed by atoms with Gasteiger partial charge in [0.1, 0.15) is 18.1 Å².